The molecule has 1 amide bonds. The summed E-state index contributed by atoms with van der Waals surface area (Å²) < 4.78 is 0. The van der Waals surface area contributed by atoms with E-state index in [4.69, 9.17) is 0 Å². The van der Waals surface area contributed by atoms with E-state index >= 15 is 0 Å². The van der Waals surface area contributed by atoms with Crippen LogP contribution in [0.15, 0.2) is 107 Å². The molecule has 0 fully saturated rings. The van der Waals surface area contributed by atoms with E-state index in [1.807, 2.05) is 79.2 Å². The molecule has 0 bridgehead atoms. The summed E-state index contributed by atoms with van der Waals surface area (Å²) >= 11 is 1.54. The van der Waals surface area contributed by atoms with E-state index in [1.165, 1.54) is 0 Å². The fourth-order valence-electron chi connectivity index (χ4n) is 2.82. The van der Waals surface area contributed by atoms with Crippen molar-refractivity contribution in [2.45, 2.75) is 10.9 Å². The Labute approximate surface area is 159 Å². The number of hydrogen-bond acceptors (Lipinski definition) is 2. The van der Waals surface area contributed by atoms with Gasteiger partial charge >= 0.3 is 0 Å². The number of likely N-dealkylation sites (N-methyl/N-ethyl adjacent to an activating group) is 1. The molecule has 0 unspecified atom stereocenters. The first kappa shape index (κ1) is 18.0. The minimum Gasteiger partial charge on any atom is -0.331 e. The highest BCUT2D eigenvalue weighted by Gasteiger charge is 2.21. The van der Waals surface area contributed by atoms with E-state index in [0.717, 1.165) is 16.0 Å². The second kappa shape index (κ2) is 9.07. The highest BCUT2D eigenvalue weighted by molar-refractivity contribution is 8.02. The summed E-state index contributed by atoms with van der Waals surface area (Å²) in [5.41, 5.74) is 2.19. The Morgan fingerprint density at radius 1 is 0.808 bits per heavy atom. The second-order valence-electron chi connectivity index (χ2n) is 5.91. The molecule has 0 radical (unpaired) electrons. The lowest BCUT2D eigenvalue weighted by Gasteiger charge is -2.28. The van der Waals surface area contributed by atoms with Gasteiger partial charge in [-0.1, -0.05) is 90.6 Å². The van der Waals surface area contributed by atoms with Crippen LogP contribution in [0.5, 0.6) is 0 Å². The van der Waals surface area contributed by atoms with Crippen molar-refractivity contribution in [3.05, 3.63) is 114 Å². The van der Waals surface area contributed by atoms with Crippen molar-refractivity contribution in [3.8, 4) is 0 Å². The molecule has 0 aromatic heterocycles. The van der Waals surface area contributed by atoms with Crippen LogP contribution in [0.2, 0.25) is 0 Å². The van der Waals surface area contributed by atoms with Crippen LogP contribution in [0.4, 0.5) is 0 Å². The Bertz CT molecular complexity index is 808. The molecule has 3 heteroatoms. The van der Waals surface area contributed by atoms with Crippen molar-refractivity contribution in [2.24, 2.45) is 0 Å². The third-order valence-corrected chi connectivity index (χ3v) is 4.94. The predicted molar refractivity (Wildman–Crippen MR) is 109 cm³/mol. The molecule has 0 N–H and O–H groups in total. The molecule has 26 heavy (non-hydrogen) atoms. The smallest absolute Gasteiger partial charge is 0.247 e. The Morgan fingerprint density at radius 2 is 1.27 bits per heavy atom. The van der Waals surface area contributed by atoms with Gasteiger partial charge in [-0.05, 0) is 28.7 Å². The molecule has 3 aromatic carbocycles. The number of carbonyl (C=O) groups is 1. The summed E-state index contributed by atoms with van der Waals surface area (Å²) in [6.45, 7) is 0. The number of carbonyl (C=O) groups excluding carboxylic acids is 1. The first-order valence-electron chi connectivity index (χ1n) is 8.50. The molecule has 0 atom stereocenters. The van der Waals surface area contributed by atoms with Crippen LogP contribution in [0, 0.1) is 0 Å². The Kier molecular flexibility index (Phi) is 6.29. The molecule has 3 aromatic rings. The molecule has 0 saturated heterocycles. The van der Waals surface area contributed by atoms with Gasteiger partial charge in [0.25, 0.3) is 0 Å². The van der Waals surface area contributed by atoms with E-state index < -0.39 is 0 Å². The Hall–Kier alpha value is -2.78. The molecule has 0 aliphatic rings. The van der Waals surface area contributed by atoms with Gasteiger partial charge in [0.05, 0.1) is 6.04 Å². The molecular formula is C23H21NOS. The van der Waals surface area contributed by atoms with E-state index in [9.17, 15) is 4.79 Å². The highest BCUT2D eigenvalue weighted by Crippen LogP contribution is 2.28. The molecular weight excluding hydrogens is 338 g/mol. The molecule has 0 saturated carbocycles. The maximum Gasteiger partial charge on any atom is 0.247 e. The fraction of sp³-hybridized carbons (Fsp3) is 0.0870. The normalized spacial score (nSPS) is 11.0. The lowest BCUT2D eigenvalue weighted by atomic mass is 9.97. The SMILES string of the molecule is CN(C(=O)/C=C/Sc1ccccc1)C(c1ccccc1)c1ccccc1. The van der Waals surface area contributed by atoms with Gasteiger partial charge in [0.2, 0.25) is 5.91 Å². The van der Waals surface area contributed by atoms with Crippen LogP contribution in [0.25, 0.3) is 0 Å². The monoisotopic (exact) mass is 359 g/mol. The van der Waals surface area contributed by atoms with Crippen LogP contribution in [-0.4, -0.2) is 17.9 Å². The average molecular weight is 359 g/mol. The van der Waals surface area contributed by atoms with Gasteiger partial charge in [0.15, 0.2) is 0 Å². The fourth-order valence-corrected chi connectivity index (χ4v) is 3.48. The summed E-state index contributed by atoms with van der Waals surface area (Å²) in [5.74, 6) is -0.0221. The van der Waals surface area contributed by atoms with Gasteiger partial charge in [0, 0.05) is 18.0 Å². The summed E-state index contributed by atoms with van der Waals surface area (Å²) in [7, 11) is 1.85. The third-order valence-electron chi connectivity index (χ3n) is 4.12. The number of amides is 1. The van der Waals surface area contributed by atoms with Gasteiger partial charge in [0.1, 0.15) is 0 Å². The largest absolute Gasteiger partial charge is 0.331 e. The number of rotatable bonds is 6. The van der Waals surface area contributed by atoms with Gasteiger partial charge in [-0.25, -0.2) is 0 Å². The average Bonchev–Trinajstić information content (AvgIpc) is 2.70. The molecule has 3 rings (SSSR count). The first-order valence-corrected chi connectivity index (χ1v) is 9.38. The Morgan fingerprint density at radius 3 is 1.77 bits per heavy atom. The summed E-state index contributed by atoms with van der Waals surface area (Å²) in [4.78, 5) is 15.6. The molecule has 0 aliphatic heterocycles. The van der Waals surface area contributed by atoms with Gasteiger partial charge < -0.3 is 4.90 Å². The topological polar surface area (TPSA) is 20.3 Å². The van der Waals surface area contributed by atoms with Gasteiger partial charge in [-0.15, -0.1) is 0 Å². The molecule has 130 valence electrons. The minimum atomic E-state index is -0.115. The highest BCUT2D eigenvalue weighted by atomic mass is 32.2. The van der Waals surface area contributed by atoms with Crippen LogP contribution in [-0.2, 0) is 4.79 Å². The zero-order valence-corrected chi connectivity index (χ0v) is 15.5. The van der Waals surface area contributed by atoms with Crippen molar-refractivity contribution in [3.63, 3.8) is 0 Å². The van der Waals surface area contributed by atoms with Gasteiger partial charge in [-0.2, -0.15) is 0 Å². The molecule has 0 spiro atoms. The van der Waals surface area contributed by atoms with Crippen molar-refractivity contribution in [2.75, 3.05) is 7.05 Å². The van der Waals surface area contributed by atoms with Crippen molar-refractivity contribution in [1.29, 1.82) is 0 Å². The maximum atomic E-state index is 12.7. The number of thioether (sulfide) groups is 1. The standard InChI is InChI=1S/C23H21NOS/c1-24(22(25)17-18-26-21-15-9-4-10-16-21)23(19-11-5-2-6-12-19)20-13-7-3-8-14-20/h2-18,23H,1H3/b18-17+. The lowest BCUT2D eigenvalue weighted by Crippen LogP contribution is -2.30. The van der Waals surface area contributed by atoms with E-state index in [2.05, 4.69) is 24.3 Å². The van der Waals surface area contributed by atoms with Crippen molar-refractivity contribution in [1.82, 2.24) is 4.90 Å². The zero-order chi connectivity index (χ0) is 18.2. The second-order valence-corrected chi connectivity index (χ2v) is 6.89. The minimum absolute atomic E-state index is 0.0221. The Balaban J connectivity index is 1.79. The van der Waals surface area contributed by atoms with Crippen LogP contribution in [0.1, 0.15) is 17.2 Å². The van der Waals surface area contributed by atoms with E-state index in [-0.39, 0.29) is 11.9 Å². The molecule has 2 nitrogen and oxygen atoms in total. The van der Waals surface area contributed by atoms with E-state index in [1.54, 1.807) is 22.7 Å². The first-order chi connectivity index (χ1) is 12.8. The van der Waals surface area contributed by atoms with Crippen LogP contribution >= 0.6 is 11.8 Å². The number of hydrogen-bond donors (Lipinski definition) is 0. The summed E-state index contributed by atoms with van der Waals surface area (Å²) in [5, 5.41) is 1.85. The predicted octanol–water partition coefficient (Wildman–Crippen LogP) is 5.54. The zero-order valence-electron chi connectivity index (χ0n) is 14.7. The quantitative estimate of drug-likeness (QED) is 0.425. The van der Waals surface area contributed by atoms with Crippen LogP contribution < -0.4 is 0 Å². The van der Waals surface area contributed by atoms with Crippen molar-refractivity contribution < 1.29 is 4.79 Å². The van der Waals surface area contributed by atoms with E-state index in [0.29, 0.717) is 0 Å². The number of benzene rings is 3. The molecule has 0 heterocycles. The molecule has 0 aliphatic carbocycles. The van der Waals surface area contributed by atoms with Crippen LogP contribution in [0.3, 0.4) is 0 Å². The third kappa shape index (κ3) is 4.64. The summed E-state index contributed by atoms with van der Waals surface area (Å²) in [6.07, 6.45) is 1.64. The van der Waals surface area contributed by atoms with Crippen molar-refractivity contribution >= 4 is 17.7 Å². The lowest BCUT2D eigenvalue weighted by molar-refractivity contribution is -0.126. The van der Waals surface area contributed by atoms with Gasteiger partial charge in [-0.3, -0.25) is 4.79 Å². The maximum absolute atomic E-state index is 12.7. The number of nitrogens with zero attached hydrogens (tertiary/aromatic N) is 1. The summed E-state index contributed by atoms with van der Waals surface area (Å²) in [6, 6.07) is 30.1.